The van der Waals surface area contributed by atoms with Crippen molar-refractivity contribution in [1.29, 1.82) is 0 Å². The number of methoxy groups -OCH3 is 1. The summed E-state index contributed by atoms with van der Waals surface area (Å²) in [5, 5.41) is 3.80. The first-order valence-electron chi connectivity index (χ1n) is 4.56. The van der Waals surface area contributed by atoms with E-state index in [0.29, 0.717) is 18.1 Å². The van der Waals surface area contributed by atoms with Gasteiger partial charge in [0.25, 0.3) is 0 Å². The number of ether oxygens (including phenoxy) is 1. The van der Waals surface area contributed by atoms with E-state index in [-0.39, 0.29) is 11.6 Å². The second-order valence-corrected chi connectivity index (χ2v) is 4.09. The Labute approximate surface area is 83.6 Å². The topological polar surface area (TPSA) is 74.2 Å². The van der Waals surface area contributed by atoms with E-state index >= 15 is 0 Å². The molecule has 0 saturated heterocycles. The molecule has 1 aromatic rings. The summed E-state index contributed by atoms with van der Waals surface area (Å²) >= 11 is 0. The summed E-state index contributed by atoms with van der Waals surface area (Å²) < 4.78 is 10.1. The third-order valence-electron chi connectivity index (χ3n) is 1.81. The maximum absolute atomic E-state index is 5.83. The number of nitrogens with zero attached hydrogens (tertiary/aromatic N) is 2. The van der Waals surface area contributed by atoms with Crippen molar-refractivity contribution >= 4 is 0 Å². The van der Waals surface area contributed by atoms with Crippen molar-refractivity contribution in [2.24, 2.45) is 5.73 Å². The van der Waals surface area contributed by atoms with Crippen LogP contribution in [0.3, 0.4) is 0 Å². The molecule has 14 heavy (non-hydrogen) atoms. The minimum atomic E-state index is -0.333. The van der Waals surface area contributed by atoms with Gasteiger partial charge in [-0.15, -0.1) is 0 Å². The number of hydrogen-bond donors (Lipinski definition) is 1. The van der Waals surface area contributed by atoms with Gasteiger partial charge in [-0.25, -0.2) is 0 Å². The fourth-order valence-electron chi connectivity index (χ4n) is 1.00. The van der Waals surface area contributed by atoms with Crippen LogP contribution in [0, 0.1) is 0 Å². The Bertz CT molecular complexity index is 290. The quantitative estimate of drug-likeness (QED) is 0.784. The molecule has 0 aliphatic rings. The second-order valence-electron chi connectivity index (χ2n) is 4.09. The third kappa shape index (κ3) is 3.08. The Kier molecular flexibility index (Phi) is 3.23. The molecular formula is C9H17N3O2. The first kappa shape index (κ1) is 11.1. The summed E-state index contributed by atoms with van der Waals surface area (Å²) in [5.41, 5.74) is 5.49. The highest BCUT2D eigenvalue weighted by Gasteiger charge is 2.18. The van der Waals surface area contributed by atoms with Crippen LogP contribution >= 0.6 is 0 Å². The van der Waals surface area contributed by atoms with Crippen molar-refractivity contribution in [3.05, 3.63) is 11.7 Å². The van der Waals surface area contributed by atoms with Crippen molar-refractivity contribution in [2.75, 3.05) is 7.11 Å². The van der Waals surface area contributed by atoms with E-state index in [9.17, 15) is 0 Å². The minimum Gasteiger partial charge on any atom is -0.374 e. The maximum Gasteiger partial charge on any atom is 0.228 e. The normalized spacial score (nSPS) is 14.4. The molecule has 5 nitrogen and oxygen atoms in total. The van der Waals surface area contributed by atoms with Gasteiger partial charge in [-0.05, 0) is 20.8 Å². The zero-order chi connectivity index (χ0) is 10.8. The Morgan fingerprint density at radius 1 is 1.57 bits per heavy atom. The van der Waals surface area contributed by atoms with Gasteiger partial charge in [0.15, 0.2) is 5.82 Å². The molecule has 0 aliphatic carbocycles. The van der Waals surface area contributed by atoms with Gasteiger partial charge in [-0.1, -0.05) is 5.16 Å². The summed E-state index contributed by atoms with van der Waals surface area (Å²) in [4.78, 5) is 4.18. The largest absolute Gasteiger partial charge is 0.374 e. The molecule has 0 aromatic carbocycles. The molecule has 1 atom stereocenters. The predicted octanol–water partition coefficient (Wildman–Crippen LogP) is 1.06. The van der Waals surface area contributed by atoms with Gasteiger partial charge in [0.1, 0.15) is 6.10 Å². The van der Waals surface area contributed by atoms with Crippen LogP contribution < -0.4 is 5.73 Å². The Hall–Kier alpha value is -0.940. The number of rotatable bonds is 4. The van der Waals surface area contributed by atoms with Crippen LogP contribution in [0.5, 0.6) is 0 Å². The average molecular weight is 199 g/mol. The zero-order valence-electron chi connectivity index (χ0n) is 9.07. The molecule has 0 spiro atoms. The van der Waals surface area contributed by atoms with Gasteiger partial charge in [0.05, 0.1) is 0 Å². The Balaban J connectivity index is 2.69. The van der Waals surface area contributed by atoms with E-state index in [1.807, 2.05) is 20.8 Å². The molecule has 5 heteroatoms. The van der Waals surface area contributed by atoms with Gasteiger partial charge < -0.3 is 15.0 Å². The lowest BCUT2D eigenvalue weighted by Crippen LogP contribution is -2.34. The second kappa shape index (κ2) is 4.06. The van der Waals surface area contributed by atoms with Crippen LogP contribution in [0.15, 0.2) is 4.52 Å². The molecule has 80 valence electrons. The van der Waals surface area contributed by atoms with Crippen LogP contribution in [0.4, 0.5) is 0 Å². The van der Waals surface area contributed by atoms with Crippen LogP contribution in [0.2, 0.25) is 0 Å². The molecule has 2 N–H and O–H groups in total. The van der Waals surface area contributed by atoms with Crippen molar-refractivity contribution in [3.63, 3.8) is 0 Å². The van der Waals surface area contributed by atoms with Crippen LogP contribution in [0.25, 0.3) is 0 Å². The van der Waals surface area contributed by atoms with E-state index in [0.717, 1.165) is 0 Å². The predicted molar refractivity (Wildman–Crippen MR) is 51.7 cm³/mol. The van der Waals surface area contributed by atoms with Gasteiger partial charge in [0.2, 0.25) is 5.89 Å². The average Bonchev–Trinajstić information content (AvgIpc) is 2.48. The summed E-state index contributed by atoms with van der Waals surface area (Å²) in [7, 11) is 1.60. The fraction of sp³-hybridized carbons (Fsp3) is 0.778. The lowest BCUT2D eigenvalue weighted by molar-refractivity contribution is 0.109. The lowest BCUT2D eigenvalue weighted by Gasteiger charge is -2.14. The van der Waals surface area contributed by atoms with Crippen molar-refractivity contribution in [1.82, 2.24) is 10.1 Å². The SMILES string of the molecule is COC(C)c1noc(CC(C)(C)N)n1. The summed E-state index contributed by atoms with van der Waals surface area (Å²) in [6.45, 7) is 5.69. The lowest BCUT2D eigenvalue weighted by atomic mass is 10.0. The smallest absolute Gasteiger partial charge is 0.228 e. The molecule has 1 aromatic heterocycles. The Morgan fingerprint density at radius 3 is 2.71 bits per heavy atom. The summed E-state index contributed by atoms with van der Waals surface area (Å²) in [5.74, 6) is 1.11. The molecule has 0 aliphatic heterocycles. The zero-order valence-corrected chi connectivity index (χ0v) is 9.07. The standard InChI is InChI=1S/C9H17N3O2/c1-6(13-4)8-11-7(14-12-8)5-9(2,3)10/h6H,5,10H2,1-4H3. The van der Waals surface area contributed by atoms with E-state index < -0.39 is 0 Å². The van der Waals surface area contributed by atoms with E-state index in [4.69, 9.17) is 15.0 Å². The molecule has 1 rings (SSSR count). The molecule has 0 saturated carbocycles. The van der Waals surface area contributed by atoms with Crippen LogP contribution in [0.1, 0.15) is 38.6 Å². The third-order valence-corrected chi connectivity index (χ3v) is 1.81. The number of aromatic nitrogens is 2. The monoisotopic (exact) mass is 199 g/mol. The molecule has 0 fully saturated rings. The van der Waals surface area contributed by atoms with E-state index in [1.54, 1.807) is 7.11 Å². The van der Waals surface area contributed by atoms with E-state index in [2.05, 4.69) is 10.1 Å². The molecule has 0 amide bonds. The highest BCUT2D eigenvalue weighted by Crippen LogP contribution is 2.14. The highest BCUT2D eigenvalue weighted by atomic mass is 16.5. The molecular weight excluding hydrogens is 182 g/mol. The van der Waals surface area contributed by atoms with Gasteiger partial charge in [-0.2, -0.15) is 4.98 Å². The van der Waals surface area contributed by atoms with Crippen LogP contribution in [-0.4, -0.2) is 22.8 Å². The molecule has 1 heterocycles. The number of nitrogens with two attached hydrogens (primary N) is 1. The first-order valence-corrected chi connectivity index (χ1v) is 4.56. The van der Waals surface area contributed by atoms with Crippen molar-refractivity contribution < 1.29 is 9.26 Å². The molecule has 0 radical (unpaired) electrons. The first-order chi connectivity index (χ1) is 6.42. The van der Waals surface area contributed by atoms with Gasteiger partial charge in [0, 0.05) is 19.1 Å². The number of hydrogen-bond acceptors (Lipinski definition) is 5. The Morgan fingerprint density at radius 2 is 2.21 bits per heavy atom. The molecule has 1 unspecified atom stereocenters. The van der Waals surface area contributed by atoms with Gasteiger partial charge in [-0.3, -0.25) is 0 Å². The van der Waals surface area contributed by atoms with Crippen LogP contribution in [-0.2, 0) is 11.2 Å². The van der Waals surface area contributed by atoms with Crippen molar-refractivity contribution in [2.45, 2.75) is 38.8 Å². The van der Waals surface area contributed by atoms with E-state index in [1.165, 1.54) is 0 Å². The minimum absolute atomic E-state index is 0.145. The summed E-state index contributed by atoms with van der Waals surface area (Å²) in [6.07, 6.45) is 0.421. The fourth-order valence-corrected chi connectivity index (χ4v) is 1.00. The maximum atomic E-state index is 5.83. The molecule has 0 bridgehead atoms. The van der Waals surface area contributed by atoms with Gasteiger partial charge >= 0.3 is 0 Å². The highest BCUT2D eigenvalue weighted by molar-refractivity contribution is 4.94. The van der Waals surface area contributed by atoms with Crippen molar-refractivity contribution in [3.8, 4) is 0 Å². The summed E-state index contributed by atoms with van der Waals surface area (Å²) in [6, 6.07) is 0.